The van der Waals surface area contributed by atoms with Crippen LogP contribution in [0.1, 0.15) is 15.9 Å². The molecule has 1 amide bonds. The number of hydrogen-bond acceptors (Lipinski definition) is 7. The van der Waals surface area contributed by atoms with Crippen molar-refractivity contribution < 1.29 is 24.0 Å². The number of nitro groups is 1. The van der Waals surface area contributed by atoms with Crippen LogP contribution in [-0.2, 0) is 4.79 Å². The van der Waals surface area contributed by atoms with Crippen LogP contribution in [0, 0.1) is 10.1 Å². The van der Waals surface area contributed by atoms with Crippen molar-refractivity contribution in [1.29, 1.82) is 0 Å². The van der Waals surface area contributed by atoms with Crippen molar-refractivity contribution in [3.05, 3.63) is 110 Å². The van der Waals surface area contributed by atoms with Crippen molar-refractivity contribution in [2.24, 2.45) is 5.10 Å². The highest BCUT2D eigenvalue weighted by Crippen LogP contribution is 2.29. The molecular formula is C26H17Cl2N3O6. The van der Waals surface area contributed by atoms with Crippen molar-refractivity contribution in [3.8, 4) is 11.5 Å². The first-order valence-corrected chi connectivity index (χ1v) is 11.5. The van der Waals surface area contributed by atoms with Gasteiger partial charge in [0.2, 0.25) is 0 Å². The van der Waals surface area contributed by atoms with E-state index >= 15 is 0 Å². The first-order valence-electron chi connectivity index (χ1n) is 10.7. The minimum absolute atomic E-state index is 0.0914. The van der Waals surface area contributed by atoms with E-state index in [0.717, 1.165) is 10.8 Å². The van der Waals surface area contributed by atoms with Gasteiger partial charge in [-0.25, -0.2) is 10.2 Å². The molecular weight excluding hydrogens is 521 g/mol. The number of carbonyl (C=O) groups is 2. The molecule has 0 saturated carbocycles. The quantitative estimate of drug-likeness (QED) is 0.0995. The van der Waals surface area contributed by atoms with Crippen LogP contribution in [-0.4, -0.2) is 29.6 Å². The average Bonchev–Trinajstić information content (AvgIpc) is 2.88. The van der Waals surface area contributed by atoms with Crippen molar-refractivity contribution in [1.82, 2.24) is 5.43 Å². The number of nitrogens with one attached hydrogen (secondary N) is 1. The molecule has 9 nitrogen and oxygen atoms in total. The van der Waals surface area contributed by atoms with Crippen molar-refractivity contribution >= 4 is 57.8 Å². The van der Waals surface area contributed by atoms with Crippen molar-refractivity contribution in [3.63, 3.8) is 0 Å². The van der Waals surface area contributed by atoms with Crippen LogP contribution in [0.4, 0.5) is 5.69 Å². The molecule has 37 heavy (non-hydrogen) atoms. The Morgan fingerprint density at radius 1 is 1.00 bits per heavy atom. The number of fused-ring (bicyclic) bond motifs is 1. The van der Waals surface area contributed by atoms with Gasteiger partial charge in [0.15, 0.2) is 6.61 Å². The number of esters is 1. The molecule has 0 aromatic heterocycles. The van der Waals surface area contributed by atoms with Gasteiger partial charge in [0.1, 0.15) is 11.5 Å². The Balaban J connectivity index is 1.49. The normalized spacial score (nSPS) is 10.9. The molecule has 0 spiro atoms. The van der Waals surface area contributed by atoms with Crippen LogP contribution in [0.25, 0.3) is 10.8 Å². The first-order chi connectivity index (χ1) is 17.8. The summed E-state index contributed by atoms with van der Waals surface area (Å²) in [7, 11) is 0. The maximum absolute atomic E-state index is 12.8. The Morgan fingerprint density at radius 2 is 1.76 bits per heavy atom. The Hall–Kier alpha value is -4.47. The third kappa shape index (κ3) is 6.40. The molecule has 0 aliphatic heterocycles. The summed E-state index contributed by atoms with van der Waals surface area (Å²) in [4.78, 5) is 35.2. The number of halogens is 2. The molecule has 0 saturated heterocycles. The van der Waals surface area contributed by atoms with Gasteiger partial charge in [-0.05, 0) is 47.2 Å². The van der Waals surface area contributed by atoms with Gasteiger partial charge in [-0.1, -0.05) is 53.5 Å². The monoisotopic (exact) mass is 537 g/mol. The molecule has 4 rings (SSSR count). The highest BCUT2D eigenvalue weighted by atomic mass is 35.5. The zero-order valence-corrected chi connectivity index (χ0v) is 20.4. The van der Waals surface area contributed by atoms with Gasteiger partial charge < -0.3 is 9.47 Å². The summed E-state index contributed by atoms with van der Waals surface area (Å²) in [6, 6.07) is 20.5. The second-order valence-corrected chi connectivity index (χ2v) is 8.39. The fourth-order valence-corrected chi connectivity index (χ4v) is 3.81. The van der Waals surface area contributed by atoms with Crippen LogP contribution in [0.15, 0.2) is 84.0 Å². The van der Waals surface area contributed by atoms with Gasteiger partial charge >= 0.3 is 5.97 Å². The number of nitro benzene ring substituents is 1. The second-order valence-electron chi connectivity index (χ2n) is 7.55. The van der Waals surface area contributed by atoms with E-state index in [1.54, 1.807) is 12.1 Å². The SMILES string of the molecule is O=C(COc1ccc([N+](=O)[O-])cc1)N/N=C/c1c(OC(=O)c2ccc(Cl)cc2Cl)ccc2ccccc12. The number of nitrogens with zero attached hydrogens (tertiary/aromatic N) is 2. The van der Waals surface area contributed by atoms with Crippen molar-refractivity contribution in [2.75, 3.05) is 6.61 Å². The lowest BCUT2D eigenvalue weighted by atomic mass is 10.0. The number of rotatable bonds is 8. The molecule has 0 heterocycles. The zero-order chi connectivity index (χ0) is 26.4. The Kier molecular flexibility index (Phi) is 7.97. The number of amides is 1. The lowest BCUT2D eigenvalue weighted by molar-refractivity contribution is -0.384. The summed E-state index contributed by atoms with van der Waals surface area (Å²) in [5.41, 5.74) is 2.84. The van der Waals surface area contributed by atoms with E-state index in [1.165, 1.54) is 48.7 Å². The maximum Gasteiger partial charge on any atom is 0.345 e. The van der Waals surface area contributed by atoms with Gasteiger partial charge in [-0.3, -0.25) is 14.9 Å². The average molecular weight is 538 g/mol. The summed E-state index contributed by atoms with van der Waals surface area (Å²) < 4.78 is 10.9. The number of ether oxygens (including phenoxy) is 2. The topological polar surface area (TPSA) is 120 Å². The van der Waals surface area contributed by atoms with Gasteiger partial charge in [-0.15, -0.1) is 0 Å². The predicted octanol–water partition coefficient (Wildman–Crippen LogP) is 5.80. The highest BCUT2D eigenvalue weighted by Gasteiger charge is 2.16. The van der Waals surface area contributed by atoms with E-state index < -0.39 is 16.8 Å². The van der Waals surface area contributed by atoms with E-state index in [-0.39, 0.29) is 34.4 Å². The molecule has 0 bridgehead atoms. The molecule has 0 fully saturated rings. The highest BCUT2D eigenvalue weighted by molar-refractivity contribution is 6.36. The summed E-state index contributed by atoms with van der Waals surface area (Å²) in [6.45, 7) is -0.373. The number of benzene rings is 4. The molecule has 186 valence electrons. The maximum atomic E-state index is 12.8. The fourth-order valence-electron chi connectivity index (χ4n) is 3.32. The minimum Gasteiger partial charge on any atom is -0.484 e. The Labute approximate surface area is 220 Å². The Bertz CT molecular complexity index is 1520. The number of hydrogen-bond donors (Lipinski definition) is 1. The number of hydrazone groups is 1. The van der Waals surface area contributed by atoms with E-state index in [1.807, 2.05) is 24.3 Å². The van der Waals surface area contributed by atoms with E-state index in [9.17, 15) is 19.7 Å². The lowest BCUT2D eigenvalue weighted by Crippen LogP contribution is -2.24. The van der Waals surface area contributed by atoms with Crippen molar-refractivity contribution in [2.45, 2.75) is 0 Å². The summed E-state index contributed by atoms with van der Waals surface area (Å²) >= 11 is 12.0. The molecule has 0 unspecified atom stereocenters. The summed E-state index contributed by atoms with van der Waals surface area (Å²) in [5, 5.41) is 16.8. The number of carbonyl (C=O) groups excluding carboxylic acids is 2. The van der Waals surface area contributed by atoms with Gasteiger partial charge in [-0.2, -0.15) is 5.10 Å². The smallest absolute Gasteiger partial charge is 0.345 e. The molecule has 0 aliphatic carbocycles. The number of non-ortho nitro benzene ring substituents is 1. The minimum atomic E-state index is -0.688. The molecule has 11 heteroatoms. The molecule has 0 aliphatic rings. The summed E-state index contributed by atoms with van der Waals surface area (Å²) in [5.74, 6) is -0.767. The van der Waals surface area contributed by atoms with Gasteiger partial charge in [0, 0.05) is 22.7 Å². The standard InChI is InChI=1S/C26H17Cl2N3O6/c27-17-6-11-21(23(28)13-17)26(33)37-24-12-5-16-3-1-2-4-20(16)22(24)14-29-30-25(32)15-36-19-9-7-18(8-10-19)31(34)35/h1-14H,15H2,(H,30,32)/b29-14+. The molecule has 4 aromatic rings. The van der Waals surface area contributed by atoms with Gasteiger partial charge in [0.05, 0.1) is 21.7 Å². The van der Waals surface area contributed by atoms with E-state index in [2.05, 4.69) is 10.5 Å². The third-order valence-corrected chi connectivity index (χ3v) is 5.63. The Morgan fingerprint density at radius 3 is 2.49 bits per heavy atom. The second kappa shape index (κ2) is 11.5. The molecule has 1 N–H and O–H groups in total. The fraction of sp³-hybridized carbons (Fsp3) is 0.0385. The predicted molar refractivity (Wildman–Crippen MR) is 140 cm³/mol. The van der Waals surface area contributed by atoms with Crippen LogP contribution in [0.3, 0.4) is 0 Å². The van der Waals surface area contributed by atoms with Crippen LogP contribution in [0.5, 0.6) is 11.5 Å². The zero-order valence-electron chi connectivity index (χ0n) is 18.9. The largest absolute Gasteiger partial charge is 0.484 e. The lowest BCUT2D eigenvalue weighted by Gasteiger charge is -2.11. The van der Waals surface area contributed by atoms with Crippen LogP contribution >= 0.6 is 23.2 Å². The van der Waals surface area contributed by atoms with Gasteiger partial charge in [0.25, 0.3) is 11.6 Å². The van der Waals surface area contributed by atoms with E-state index in [4.69, 9.17) is 32.7 Å². The third-order valence-electron chi connectivity index (χ3n) is 5.08. The molecule has 0 radical (unpaired) electrons. The molecule has 0 atom stereocenters. The van der Waals surface area contributed by atoms with Crippen LogP contribution < -0.4 is 14.9 Å². The first kappa shape index (κ1) is 25.6. The van der Waals surface area contributed by atoms with E-state index in [0.29, 0.717) is 10.6 Å². The molecule has 4 aromatic carbocycles. The van der Waals surface area contributed by atoms with Crippen LogP contribution in [0.2, 0.25) is 10.0 Å². The summed E-state index contributed by atoms with van der Waals surface area (Å²) in [6.07, 6.45) is 1.36.